The van der Waals surface area contributed by atoms with Crippen molar-refractivity contribution in [3.8, 4) is 0 Å². The highest BCUT2D eigenvalue weighted by Crippen LogP contribution is 2.38. The molecule has 0 saturated carbocycles. The summed E-state index contributed by atoms with van der Waals surface area (Å²) in [7, 11) is 16.3. The van der Waals surface area contributed by atoms with Gasteiger partial charge in [0.25, 0.3) is 5.97 Å². The standard InChI is InChI=1S/C12H27N5S2.C2H4O2/c1-14(2)7-9-17(10-8-15(3)4)12-13-11(16(5)6)18-19-12;1-2(3)4/h11H,7-10H2,1-6H3;1H3,(H,3,4). The van der Waals surface area contributed by atoms with Crippen LogP contribution in [0.25, 0.3) is 0 Å². The highest BCUT2D eigenvalue weighted by molar-refractivity contribution is 8.82. The number of carboxylic acid groups (broad SMARTS) is 1. The summed E-state index contributed by atoms with van der Waals surface area (Å²) in [4.78, 5) is 22.8. The molecule has 7 nitrogen and oxygen atoms in total. The van der Waals surface area contributed by atoms with E-state index >= 15 is 0 Å². The molecular formula is C14H31N5O2S2. The lowest BCUT2D eigenvalue weighted by Gasteiger charge is -2.26. The smallest absolute Gasteiger partial charge is 0.300 e. The minimum absolute atomic E-state index is 0.251. The van der Waals surface area contributed by atoms with E-state index in [1.807, 2.05) is 10.8 Å². The number of carboxylic acids is 1. The number of nitrogens with zero attached hydrogens (tertiary/aromatic N) is 5. The van der Waals surface area contributed by atoms with Gasteiger partial charge in [-0.05, 0) is 63.9 Å². The molecule has 136 valence electrons. The van der Waals surface area contributed by atoms with E-state index in [4.69, 9.17) is 14.9 Å². The van der Waals surface area contributed by atoms with Crippen LogP contribution in [0.1, 0.15) is 6.92 Å². The molecule has 1 unspecified atom stereocenters. The van der Waals surface area contributed by atoms with E-state index in [2.05, 4.69) is 61.9 Å². The lowest BCUT2D eigenvalue weighted by Crippen LogP contribution is -2.39. The molecule has 0 aromatic rings. The Morgan fingerprint density at radius 3 is 1.78 bits per heavy atom. The second-order valence-corrected chi connectivity index (χ2v) is 8.22. The van der Waals surface area contributed by atoms with Crippen molar-refractivity contribution in [3.63, 3.8) is 0 Å². The van der Waals surface area contributed by atoms with Gasteiger partial charge < -0.3 is 19.8 Å². The van der Waals surface area contributed by atoms with Crippen molar-refractivity contribution >= 4 is 32.7 Å². The number of carbonyl (C=O) groups is 1. The van der Waals surface area contributed by atoms with Crippen LogP contribution in [0.2, 0.25) is 0 Å². The van der Waals surface area contributed by atoms with Crippen molar-refractivity contribution in [1.29, 1.82) is 0 Å². The maximum Gasteiger partial charge on any atom is 0.300 e. The fourth-order valence-electron chi connectivity index (χ4n) is 1.50. The Bertz CT molecular complexity index is 362. The van der Waals surface area contributed by atoms with Crippen LogP contribution < -0.4 is 0 Å². The van der Waals surface area contributed by atoms with Gasteiger partial charge in [0.2, 0.25) is 0 Å². The van der Waals surface area contributed by atoms with Gasteiger partial charge in [-0.3, -0.25) is 9.69 Å². The predicted octanol–water partition coefficient (Wildman–Crippen LogP) is 1.10. The molecule has 0 spiro atoms. The van der Waals surface area contributed by atoms with Gasteiger partial charge in [-0.1, -0.05) is 0 Å². The maximum atomic E-state index is 9.00. The van der Waals surface area contributed by atoms with Crippen LogP contribution in [-0.4, -0.2) is 110 Å². The second kappa shape index (κ2) is 12.0. The lowest BCUT2D eigenvalue weighted by molar-refractivity contribution is -0.134. The summed E-state index contributed by atoms with van der Waals surface area (Å²) in [5.74, 6) is -0.833. The van der Waals surface area contributed by atoms with Gasteiger partial charge in [0.1, 0.15) is 0 Å². The highest BCUT2D eigenvalue weighted by atomic mass is 33.1. The van der Waals surface area contributed by atoms with Crippen molar-refractivity contribution < 1.29 is 9.90 Å². The Balaban J connectivity index is 0.00000108. The maximum absolute atomic E-state index is 9.00. The molecule has 0 bridgehead atoms. The first kappa shape index (κ1) is 22.5. The van der Waals surface area contributed by atoms with Crippen molar-refractivity contribution in [1.82, 2.24) is 19.6 Å². The van der Waals surface area contributed by atoms with Crippen LogP contribution in [0.15, 0.2) is 4.99 Å². The van der Waals surface area contributed by atoms with Crippen LogP contribution in [0.4, 0.5) is 0 Å². The van der Waals surface area contributed by atoms with Crippen LogP contribution in [0.3, 0.4) is 0 Å². The Morgan fingerprint density at radius 2 is 1.48 bits per heavy atom. The lowest BCUT2D eigenvalue weighted by atomic mass is 10.4. The van der Waals surface area contributed by atoms with Gasteiger partial charge in [0.05, 0.1) is 0 Å². The van der Waals surface area contributed by atoms with Crippen molar-refractivity contribution in [2.24, 2.45) is 4.99 Å². The summed E-state index contributed by atoms with van der Waals surface area (Å²) in [5, 5.41) is 8.59. The number of aliphatic carboxylic acids is 1. The van der Waals surface area contributed by atoms with Crippen LogP contribution in [0, 0.1) is 0 Å². The summed E-state index contributed by atoms with van der Waals surface area (Å²) in [6.45, 7) is 5.27. The van der Waals surface area contributed by atoms with Crippen LogP contribution in [-0.2, 0) is 4.79 Å². The molecule has 1 N–H and O–H groups in total. The van der Waals surface area contributed by atoms with E-state index < -0.39 is 5.97 Å². The number of hydrogen-bond acceptors (Lipinski definition) is 8. The summed E-state index contributed by atoms with van der Waals surface area (Å²) < 4.78 is 0. The molecule has 0 aromatic carbocycles. The zero-order valence-corrected chi connectivity index (χ0v) is 16.9. The topological polar surface area (TPSA) is 62.6 Å². The Labute approximate surface area is 148 Å². The number of rotatable bonds is 7. The summed E-state index contributed by atoms with van der Waals surface area (Å²) in [6.07, 6.45) is 0. The van der Waals surface area contributed by atoms with Crippen molar-refractivity contribution in [3.05, 3.63) is 0 Å². The Hall–Kier alpha value is -0.480. The third-order valence-electron chi connectivity index (χ3n) is 2.78. The number of amidine groups is 1. The number of aliphatic imine (C=N–C) groups is 1. The average Bonchev–Trinajstić information content (AvgIpc) is 2.87. The quantitative estimate of drug-likeness (QED) is 0.673. The summed E-state index contributed by atoms with van der Waals surface area (Å²) in [6, 6.07) is 0. The zero-order chi connectivity index (χ0) is 18.0. The van der Waals surface area contributed by atoms with Gasteiger partial charge in [0.15, 0.2) is 10.7 Å². The van der Waals surface area contributed by atoms with E-state index in [0.717, 1.165) is 33.1 Å². The first-order valence-corrected chi connectivity index (χ1v) is 9.66. The Kier molecular flexibility index (Phi) is 11.7. The molecule has 0 radical (unpaired) electrons. The van der Waals surface area contributed by atoms with Gasteiger partial charge in [-0.2, -0.15) is 0 Å². The normalized spacial score (nSPS) is 17.3. The molecule has 1 heterocycles. The van der Waals surface area contributed by atoms with Gasteiger partial charge in [-0.25, -0.2) is 4.99 Å². The molecule has 1 aliphatic rings. The van der Waals surface area contributed by atoms with Gasteiger partial charge >= 0.3 is 0 Å². The molecule has 0 aliphatic carbocycles. The van der Waals surface area contributed by atoms with Gasteiger partial charge in [-0.15, -0.1) is 0 Å². The zero-order valence-electron chi connectivity index (χ0n) is 15.3. The SMILES string of the molecule is CC(=O)O.CN(C)CCN(CCN(C)C)C1=NC(N(C)C)SS1. The molecule has 23 heavy (non-hydrogen) atoms. The van der Waals surface area contributed by atoms with E-state index in [9.17, 15) is 0 Å². The summed E-state index contributed by atoms with van der Waals surface area (Å²) in [5.41, 5.74) is 0.251. The molecular weight excluding hydrogens is 334 g/mol. The molecule has 0 fully saturated rings. The molecule has 1 atom stereocenters. The fraction of sp³-hybridized carbons (Fsp3) is 0.857. The van der Waals surface area contributed by atoms with E-state index in [1.165, 1.54) is 5.17 Å². The van der Waals surface area contributed by atoms with Gasteiger partial charge in [0, 0.05) is 33.1 Å². The first-order chi connectivity index (χ1) is 10.6. The number of hydrogen-bond donors (Lipinski definition) is 1. The molecule has 0 amide bonds. The minimum atomic E-state index is -0.833. The highest BCUT2D eigenvalue weighted by Gasteiger charge is 2.25. The summed E-state index contributed by atoms with van der Waals surface area (Å²) >= 11 is 0. The van der Waals surface area contributed by atoms with Crippen LogP contribution >= 0.6 is 21.6 Å². The predicted molar refractivity (Wildman–Crippen MR) is 102 cm³/mol. The van der Waals surface area contributed by atoms with Crippen molar-refractivity contribution in [2.75, 3.05) is 68.5 Å². The molecule has 0 saturated heterocycles. The van der Waals surface area contributed by atoms with Crippen LogP contribution in [0.5, 0.6) is 0 Å². The average molecular weight is 366 g/mol. The molecule has 1 aliphatic heterocycles. The van der Waals surface area contributed by atoms with E-state index in [0.29, 0.717) is 0 Å². The number of likely N-dealkylation sites (N-methyl/N-ethyl adjacent to an activating group) is 2. The molecule has 9 heteroatoms. The Morgan fingerprint density at radius 1 is 1.04 bits per heavy atom. The van der Waals surface area contributed by atoms with E-state index in [1.54, 1.807) is 10.8 Å². The monoisotopic (exact) mass is 365 g/mol. The first-order valence-electron chi connectivity index (χ1n) is 7.45. The third kappa shape index (κ3) is 11.7. The van der Waals surface area contributed by atoms with Crippen molar-refractivity contribution in [2.45, 2.75) is 12.4 Å². The molecule has 1 rings (SSSR count). The fourth-order valence-corrected chi connectivity index (χ4v) is 4.10. The minimum Gasteiger partial charge on any atom is -0.481 e. The molecule has 0 aromatic heterocycles. The third-order valence-corrected chi connectivity index (χ3v) is 5.34. The largest absolute Gasteiger partial charge is 0.481 e. The second-order valence-electron chi connectivity index (χ2n) is 5.99. The van der Waals surface area contributed by atoms with E-state index in [-0.39, 0.29) is 5.50 Å².